The number of nitrogen functional groups attached to an aromatic ring is 1. The SMILES string of the molecule is Cc1c(NN)nc(C(C)C)nc1N1CCN(CCO)CC1. The zero-order chi connectivity index (χ0) is 15.4. The zero-order valence-electron chi connectivity index (χ0n) is 13.1. The summed E-state index contributed by atoms with van der Waals surface area (Å²) in [6, 6.07) is 0. The smallest absolute Gasteiger partial charge is 0.148 e. The van der Waals surface area contributed by atoms with Crippen molar-refractivity contribution in [3.8, 4) is 0 Å². The average Bonchev–Trinajstić information content (AvgIpc) is 2.48. The Morgan fingerprint density at radius 3 is 2.43 bits per heavy atom. The van der Waals surface area contributed by atoms with Crippen LogP contribution in [0.25, 0.3) is 0 Å². The third-order valence-corrected chi connectivity index (χ3v) is 3.88. The topological polar surface area (TPSA) is 90.5 Å². The van der Waals surface area contributed by atoms with E-state index in [1.807, 2.05) is 6.92 Å². The van der Waals surface area contributed by atoms with Crippen LogP contribution in [0, 0.1) is 6.92 Å². The highest BCUT2D eigenvalue weighted by Gasteiger charge is 2.22. The third-order valence-electron chi connectivity index (χ3n) is 3.88. The molecule has 1 aliphatic heterocycles. The molecule has 0 aromatic carbocycles. The minimum Gasteiger partial charge on any atom is -0.395 e. The number of nitrogens with one attached hydrogen (secondary N) is 1. The van der Waals surface area contributed by atoms with Gasteiger partial charge in [-0.1, -0.05) is 13.8 Å². The quantitative estimate of drug-likeness (QED) is 0.532. The fraction of sp³-hybridized carbons (Fsp3) is 0.714. The monoisotopic (exact) mass is 294 g/mol. The Morgan fingerprint density at radius 1 is 1.24 bits per heavy atom. The molecule has 2 heterocycles. The molecule has 4 N–H and O–H groups in total. The molecule has 7 nitrogen and oxygen atoms in total. The van der Waals surface area contributed by atoms with Gasteiger partial charge >= 0.3 is 0 Å². The molecular formula is C14H26N6O. The van der Waals surface area contributed by atoms with Gasteiger partial charge in [-0.3, -0.25) is 4.90 Å². The van der Waals surface area contributed by atoms with Crippen LogP contribution in [0.3, 0.4) is 0 Å². The lowest BCUT2D eigenvalue weighted by Crippen LogP contribution is -2.47. The molecule has 1 aromatic heterocycles. The van der Waals surface area contributed by atoms with E-state index in [1.165, 1.54) is 0 Å². The van der Waals surface area contributed by atoms with E-state index in [4.69, 9.17) is 15.9 Å². The van der Waals surface area contributed by atoms with Crippen molar-refractivity contribution in [1.82, 2.24) is 14.9 Å². The molecular weight excluding hydrogens is 268 g/mol. The first kappa shape index (κ1) is 15.9. The molecule has 0 radical (unpaired) electrons. The average molecular weight is 294 g/mol. The number of anilines is 2. The number of nitrogens with zero attached hydrogens (tertiary/aromatic N) is 4. The van der Waals surface area contributed by atoms with Crippen molar-refractivity contribution in [2.45, 2.75) is 26.7 Å². The minimum absolute atomic E-state index is 0.214. The van der Waals surface area contributed by atoms with Gasteiger partial charge in [0, 0.05) is 44.2 Å². The van der Waals surface area contributed by atoms with Crippen LogP contribution >= 0.6 is 0 Å². The van der Waals surface area contributed by atoms with E-state index in [2.05, 4.69) is 34.1 Å². The molecule has 0 amide bonds. The molecule has 1 aliphatic rings. The first-order valence-electron chi connectivity index (χ1n) is 7.50. The van der Waals surface area contributed by atoms with Crippen molar-refractivity contribution in [2.75, 3.05) is 49.7 Å². The summed E-state index contributed by atoms with van der Waals surface area (Å²) in [7, 11) is 0. The molecule has 1 saturated heterocycles. The van der Waals surface area contributed by atoms with E-state index >= 15 is 0 Å². The molecule has 0 aliphatic carbocycles. The van der Waals surface area contributed by atoms with Crippen LogP contribution < -0.4 is 16.2 Å². The van der Waals surface area contributed by atoms with E-state index in [-0.39, 0.29) is 12.5 Å². The summed E-state index contributed by atoms with van der Waals surface area (Å²) in [4.78, 5) is 13.7. The molecule has 1 fully saturated rings. The van der Waals surface area contributed by atoms with Gasteiger partial charge in [-0.05, 0) is 6.92 Å². The summed E-state index contributed by atoms with van der Waals surface area (Å²) in [6.07, 6.45) is 0. The number of aliphatic hydroxyl groups excluding tert-OH is 1. The number of β-amino-alcohol motifs (C(OH)–C–C–N with tert-alkyl or cyclic N) is 1. The summed E-state index contributed by atoms with van der Waals surface area (Å²) in [5.41, 5.74) is 3.66. The number of aliphatic hydroxyl groups is 1. The van der Waals surface area contributed by atoms with E-state index in [0.717, 1.165) is 49.9 Å². The Kier molecular flexibility index (Phi) is 5.33. The van der Waals surface area contributed by atoms with Crippen LogP contribution in [0.15, 0.2) is 0 Å². The second kappa shape index (κ2) is 7.02. The normalized spacial score (nSPS) is 16.6. The number of hydrogen-bond acceptors (Lipinski definition) is 7. The van der Waals surface area contributed by atoms with Gasteiger partial charge in [-0.2, -0.15) is 0 Å². The molecule has 0 bridgehead atoms. The molecule has 21 heavy (non-hydrogen) atoms. The highest BCUT2D eigenvalue weighted by Crippen LogP contribution is 2.26. The molecule has 0 atom stereocenters. The first-order valence-corrected chi connectivity index (χ1v) is 7.50. The van der Waals surface area contributed by atoms with E-state index in [9.17, 15) is 0 Å². The fourth-order valence-corrected chi connectivity index (χ4v) is 2.55. The zero-order valence-corrected chi connectivity index (χ0v) is 13.1. The Morgan fingerprint density at radius 2 is 1.90 bits per heavy atom. The van der Waals surface area contributed by atoms with Crippen molar-refractivity contribution in [3.05, 3.63) is 11.4 Å². The summed E-state index contributed by atoms with van der Waals surface area (Å²) < 4.78 is 0. The van der Waals surface area contributed by atoms with Crippen LogP contribution in [0.1, 0.15) is 31.2 Å². The van der Waals surface area contributed by atoms with Gasteiger partial charge in [0.25, 0.3) is 0 Å². The summed E-state index contributed by atoms with van der Waals surface area (Å²) in [5.74, 6) is 8.31. The summed E-state index contributed by atoms with van der Waals surface area (Å²) in [5, 5.41) is 9.01. The Hall–Kier alpha value is -1.44. The van der Waals surface area contributed by atoms with Crippen molar-refractivity contribution in [2.24, 2.45) is 5.84 Å². The lowest BCUT2D eigenvalue weighted by Gasteiger charge is -2.36. The van der Waals surface area contributed by atoms with Crippen molar-refractivity contribution >= 4 is 11.6 Å². The van der Waals surface area contributed by atoms with Crippen molar-refractivity contribution in [1.29, 1.82) is 0 Å². The third kappa shape index (κ3) is 3.61. The van der Waals surface area contributed by atoms with Gasteiger partial charge in [0.15, 0.2) is 0 Å². The maximum absolute atomic E-state index is 9.01. The summed E-state index contributed by atoms with van der Waals surface area (Å²) >= 11 is 0. The van der Waals surface area contributed by atoms with Crippen LogP contribution in [0.2, 0.25) is 0 Å². The largest absolute Gasteiger partial charge is 0.395 e. The number of piperazine rings is 1. The number of hydrogen-bond donors (Lipinski definition) is 3. The standard InChI is InChI=1S/C14H26N6O/c1-10(2)12-16-13(18-15)11(3)14(17-12)20-6-4-19(5-7-20)8-9-21/h10,21H,4-9,15H2,1-3H3,(H,16,17,18). The van der Waals surface area contributed by atoms with Crippen LogP contribution in [0.5, 0.6) is 0 Å². The molecule has 2 rings (SSSR count). The van der Waals surface area contributed by atoms with E-state index in [1.54, 1.807) is 0 Å². The number of nitrogens with two attached hydrogens (primary N) is 1. The van der Waals surface area contributed by atoms with Crippen LogP contribution in [-0.2, 0) is 0 Å². The van der Waals surface area contributed by atoms with E-state index in [0.29, 0.717) is 5.82 Å². The van der Waals surface area contributed by atoms with Gasteiger partial charge in [-0.25, -0.2) is 15.8 Å². The van der Waals surface area contributed by atoms with E-state index < -0.39 is 0 Å². The Labute approximate surface area is 126 Å². The highest BCUT2D eigenvalue weighted by atomic mass is 16.3. The molecule has 1 aromatic rings. The number of rotatable bonds is 5. The molecule has 0 unspecified atom stereocenters. The Bertz CT molecular complexity index is 471. The lowest BCUT2D eigenvalue weighted by molar-refractivity contribution is 0.188. The van der Waals surface area contributed by atoms with Gasteiger partial charge in [-0.15, -0.1) is 0 Å². The van der Waals surface area contributed by atoms with Gasteiger partial charge < -0.3 is 15.4 Å². The van der Waals surface area contributed by atoms with Gasteiger partial charge in [0.05, 0.1) is 6.61 Å². The predicted octanol–water partition coefficient (Wildman–Crippen LogP) is 0.308. The van der Waals surface area contributed by atoms with Crippen LogP contribution in [0.4, 0.5) is 11.6 Å². The molecule has 118 valence electrons. The second-order valence-corrected chi connectivity index (χ2v) is 5.73. The molecule has 0 spiro atoms. The summed E-state index contributed by atoms with van der Waals surface area (Å²) in [6.45, 7) is 10.8. The molecule has 7 heteroatoms. The predicted molar refractivity (Wildman–Crippen MR) is 84.4 cm³/mol. The number of aromatic nitrogens is 2. The molecule has 0 saturated carbocycles. The lowest BCUT2D eigenvalue weighted by atomic mass is 10.2. The van der Waals surface area contributed by atoms with Crippen molar-refractivity contribution in [3.63, 3.8) is 0 Å². The van der Waals surface area contributed by atoms with Crippen LogP contribution in [-0.4, -0.2) is 59.3 Å². The Balaban J connectivity index is 2.21. The number of hydrazine groups is 1. The second-order valence-electron chi connectivity index (χ2n) is 5.73. The highest BCUT2D eigenvalue weighted by molar-refractivity contribution is 5.58. The first-order chi connectivity index (χ1) is 10.1. The van der Waals surface area contributed by atoms with Crippen molar-refractivity contribution < 1.29 is 5.11 Å². The minimum atomic E-state index is 0.214. The maximum atomic E-state index is 9.01. The maximum Gasteiger partial charge on any atom is 0.148 e. The van der Waals surface area contributed by atoms with Gasteiger partial charge in [0.2, 0.25) is 0 Å². The van der Waals surface area contributed by atoms with Gasteiger partial charge in [0.1, 0.15) is 17.5 Å². The fourth-order valence-electron chi connectivity index (χ4n) is 2.55.